The van der Waals surface area contributed by atoms with Gasteiger partial charge in [0.25, 0.3) is 32.1 Å². The monoisotopic (exact) mass is 770 g/mol. The number of fused-ring (bicyclic) bond motifs is 2. The second kappa shape index (κ2) is 14.1. The van der Waals surface area contributed by atoms with E-state index in [1.54, 1.807) is 26.0 Å². The van der Waals surface area contributed by atoms with Crippen molar-refractivity contribution in [2.45, 2.75) is 23.6 Å². The van der Waals surface area contributed by atoms with Gasteiger partial charge in [-0.25, -0.2) is 4.79 Å². The van der Waals surface area contributed by atoms with Crippen LogP contribution in [-0.2, 0) is 20.2 Å². The molecule has 0 fully saturated rings. The smallest absolute Gasteiger partial charge is 0.323 e. The predicted molar refractivity (Wildman–Crippen MR) is 202 cm³/mol. The minimum Gasteiger partial charge on any atom is -0.506 e. The summed E-state index contributed by atoms with van der Waals surface area (Å²) in [4.78, 5) is 38.0. The number of anilines is 4. The first-order valence-corrected chi connectivity index (χ1v) is 18.7. The molecular formula is C37H30N4O11S2. The van der Waals surface area contributed by atoms with E-state index in [1.165, 1.54) is 72.8 Å². The fourth-order valence-corrected chi connectivity index (χ4v) is 7.53. The van der Waals surface area contributed by atoms with Gasteiger partial charge in [-0.3, -0.25) is 18.7 Å². The summed E-state index contributed by atoms with van der Waals surface area (Å²) in [7, 11) is -9.55. The van der Waals surface area contributed by atoms with Gasteiger partial charge in [-0.2, -0.15) is 16.8 Å². The summed E-state index contributed by atoms with van der Waals surface area (Å²) in [6.07, 6.45) is 0. The van der Waals surface area contributed by atoms with Crippen LogP contribution in [0, 0.1) is 13.8 Å². The Morgan fingerprint density at radius 2 is 0.833 bits per heavy atom. The highest BCUT2D eigenvalue weighted by molar-refractivity contribution is 7.86. The molecule has 0 heterocycles. The Bertz CT molecular complexity index is 2600. The van der Waals surface area contributed by atoms with Gasteiger partial charge in [0.2, 0.25) is 0 Å². The van der Waals surface area contributed by atoms with E-state index in [0.29, 0.717) is 22.5 Å². The van der Waals surface area contributed by atoms with E-state index in [4.69, 9.17) is 0 Å². The Morgan fingerprint density at radius 3 is 1.17 bits per heavy atom. The van der Waals surface area contributed by atoms with Crippen LogP contribution in [0.2, 0.25) is 0 Å². The fraction of sp³-hybridized carbons (Fsp3) is 0.0541. The molecule has 8 N–H and O–H groups in total. The number of benzene rings is 6. The maximum atomic E-state index is 13.2. The van der Waals surface area contributed by atoms with E-state index in [9.17, 15) is 50.5 Å². The summed E-state index contributed by atoms with van der Waals surface area (Å²) in [6.45, 7) is 3.32. The lowest BCUT2D eigenvalue weighted by Crippen LogP contribution is -2.21. The largest absolute Gasteiger partial charge is 0.506 e. The van der Waals surface area contributed by atoms with Crippen LogP contribution in [0.1, 0.15) is 31.8 Å². The van der Waals surface area contributed by atoms with Crippen LogP contribution in [0.4, 0.5) is 27.5 Å². The lowest BCUT2D eigenvalue weighted by atomic mass is 10.1. The van der Waals surface area contributed by atoms with Crippen molar-refractivity contribution in [1.29, 1.82) is 0 Å². The minimum absolute atomic E-state index is 0.00592. The van der Waals surface area contributed by atoms with Crippen LogP contribution in [0.5, 0.6) is 11.5 Å². The van der Waals surface area contributed by atoms with Gasteiger partial charge in [-0.1, -0.05) is 48.5 Å². The molecule has 17 heteroatoms. The summed E-state index contributed by atoms with van der Waals surface area (Å²) in [5.41, 5.74) is 2.33. The second-order valence-electron chi connectivity index (χ2n) is 12.1. The number of carbonyl (C=O) groups excluding carboxylic acids is 3. The maximum Gasteiger partial charge on any atom is 0.323 e. The maximum absolute atomic E-state index is 13.2. The summed E-state index contributed by atoms with van der Waals surface area (Å²) >= 11 is 0. The molecule has 0 atom stereocenters. The third kappa shape index (κ3) is 7.50. The number of phenolic OH excluding ortho intramolecular Hbond substituents is 2. The van der Waals surface area contributed by atoms with Crippen LogP contribution in [0.25, 0.3) is 21.5 Å². The molecule has 0 saturated carbocycles. The first-order valence-electron chi connectivity index (χ1n) is 15.8. The molecule has 0 radical (unpaired) electrons. The van der Waals surface area contributed by atoms with Crippen molar-refractivity contribution in [2.24, 2.45) is 0 Å². The third-order valence-electron chi connectivity index (χ3n) is 8.44. The molecule has 0 saturated heterocycles. The molecule has 6 rings (SSSR count). The average molecular weight is 771 g/mol. The Kier molecular flexibility index (Phi) is 9.74. The summed E-state index contributed by atoms with van der Waals surface area (Å²) in [6, 6.07) is 22.4. The highest BCUT2D eigenvalue weighted by Crippen LogP contribution is 2.38. The molecule has 0 aromatic heterocycles. The van der Waals surface area contributed by atoms with Crippen LogP contribution >= 0.6 is 0 Å². The van der Waals surface area contributed by atoms with Crippen molar-refractivity contribution >= 4 is 82.4 Å². The van der Waals surface area contributed by atoms with Gasteiger partial charge in [0.05, 0.1) is 11.4 Å². The molecule has 6 aromatic rings. The molecule has 0 aliphatic heterocycles. The number of amides is 4. The highest BCUT2D eigenvalue weighted by Gasteiger charge is 2.24. The molecule has 0 spiro atoms. The standard InChI is InChI=1S/C37H30N4O11S2/c1-19-15-21(35(44)38-29-17-31(42)33(53(47,48)49)25-9-5-3-7-23(25)29)11-13-27(19)40-37(46)41-28-14-12-22(16-20(28)2)36(45)39-30-18-32(43)34(54(50,51)52)26-10-6-4-8-24(26)30/h3-18,42-43H,1-2H3,(H,38,44)(H,39,45)(H2,40,41,46)(H,47,48,49)(H,50,51,52). The fourth-order valence-electron chi connectivity index (χ4n) is 5.97. The number of rotatable bonds is 8. The highest BCUT2D eigenvalue weighted by atomic mass is 32.2. The zero-order valence-corrected chi connectivity index (χ0v) is 29.8. The normalized spacial score (nSPS) is 11.6. The van der Waals surface area contributed by atoms with Gasteiger partial charge in [0.15, 0.2) is 0 Å². The zero-order valence-electron chi connectivity index (χ0n) is 28.2. The number of nitrogens with one attached hydrogen (secondary N) is 4. The van der Waals surface area contributed by atoms with E-state index in [1.807, 2.05) is 0 Å². The van der Waals surface area contributed by atoms with Gasteiger partial charge in [-0.15, -0.1) is 0 Å². The molecule has 0 bridgehead atoms. The number of carbonyl (C=O) groups is 3. The first-order chi connectivity index (χ1) is 25.4. The van der Waals surface area contributed by atoms with Crippen LogP contribution in [0.15, 0.2) is 107 Å². The molecule has 54 heavy (non-hydrogen) atoms. The number of hydrogen-bond acceptors (Lipinski definition) is 9. The van der Waals surface area contributed by atoms with Gasteiger partial charge in [-0.05, 0) is 61.4 Å². The summed E-state index contributed by atoms with van der Waals surface area (Å²) < 4.78 is 66.8. The Balaban J connectivity index is 1.13. The zero-order chi connectivity index (χ0) is 39.1. The molecule has 15 nitrogen and oxygen atoms in total. The number of aryl methyl sites for hydroxylation is 2. The molecule has 0 unspecified atom stereocenters. The second-order valence-corrected chi connectivity index (χ2v) is 14.8. The van der Waals surface area contributed by atoms with Crippen LogP contribution in [-0.4, -0.2) is 54.0 Å². The van der Waals surface area contributed by atoms with Gasteiger partial charge < -0.3 is 31.5 Å². The van der Waals surface area contributed by atoms with Crippen molar-refractivity contribution < 1.29 is 50.5 Å². The molecular weight excluding hydrogens is 741 g/mol. The van der Waals surface area contributed by atoms with E-state index in [-0.39, 0.29) is 44.0 Å². The van der Waals surface area contributed by atoms with Crippen LogP contribution < -0.4 is 21.3 Å². The van der Waals surface area contributed by atoms with E-state index in [2.05, 4.69) is 21.3 Å². The van der Waals surface area contributed by atoms with Crippen molar-refractivity contribution in [1.82, 2.24) is 0 Å². The summed E-state index contributed by atoms with van der Waals surface area (Å²) in [5, 5.41) is 32.0. The molecule has 0 aliphatic carbocycles. The topological polar surface area (TPSA) is 249 Å². The van der Waals surface area contributed by atoms with E-state index < -0.39 is 59.4 Å². The summed E-state index contributed by atoms with van der Waals surface area (Å²) in [5.74, 6) is -2.69. The quantitative estimate of drug-likeness (QED) is 0.0760. The van der Waals surface area contributed by atoms with Crippen molar-refractivity contribution in [2.75, 3.05) is 21.3 Å². The van der Waals surface area contributed by atoms with Crippen molar-refractivity contribution in [3.63, 3.8) is 0 Å². The molecule has 4 amide bonds. The van der Waals surface area contributed by atoms with Crippen LogP contribution in [0.3, 0.4) is 0 Å². The number of hydrogen-bond donors (Lipinski definition) is 8. The van der Waals surface area contributed by atoms with Gasteiger partial charge in [0, 0.05) is 56.2 Å². The van der Waals surface area contributed by atoms with E-state index >= 15 is 0 Å². The third-order valence-corrected chi connectivity index (χ3v) is 10.3. The Hall–Kier alpha value is -6.53. The Labute approximate surface area is 307 Å². The predicted octanol–water partition coefficient (Wildman–Crippen LogP) is 6.66. The average Bonchev–Trinajstić information content (AvgIpc) is 3.08. The lowest BCUT2D eigenvalue weighted by Gasteiger charge is -2.15. The van der Waals surface area contributed by atoms with Gasteiger partial charge in [0.1, 0.15) is 21.3 Å². The minimum atomic E-state index is -4.77. The molecule has 0 aliphatic rings. The number of urea groups is 1. The SMILES string of the molecule is Cc1cc(C(=O)Nc2cc(O)c(S(=O)(=O)O)c3ccccc23)ccc1NC(=O)Nc1ccc(C(=O)Nc2cc(O)c(S(=O)(=O)O)c3ccccc23)cc1C. The number of phenols is 2. The number of aromatic hydroxyl groups is 2. The lowest BCUT2D eigenvalue weighted by molar-refractivity contribution is 0.101. The van der Waals surface area contributed by atoms with E-state index in [0.717, 1.165) is 12.1 Å². The Morgan fingerprint density at radius 1 is 0.481 bits per heavy atom. The van der Waals surface area contributed by atoms with Crippen molar-refractivity contribution in [3.05, 3.63) is 119 Å². The molecule has 276 valence electrons. The first kappa shape index (κ1) is 37.2. The molecule has 6 aromatic carbocycles. The van der Waals surface area contributed by atoms with Crippen molar-refractivity contribution in [3.8, 4) is 11.5 Å². The van der Waals surface area contributed by atoms with Gasteiger partial charge >= 0.3 is 6.03 Å².